The van der Waals surface area contributed by atoms with Gasteiger partial charge in [0.15, 0.2) is 0 Å². The Balaban J connectivity index is 0.000000339. The van der Waals surface area contributed by atoms with Crippen molar-refractivity contribution in [3.63, 3.8) is 0 Å². The lowest BCUT2D eigenvalue weighted by Crippen LogP contribution is -2.58. The van der Waals surface area contributed by atoms with Crippen molar-refractivity contribution in [2.75, 3.05) is 38.5 Å². The molecule has 1 aromatic heterocycles. The van der Waals surface area contributed by atoms with Crippen LogP contribution >= 0.6 is 23.1 Å². The van der Waals surface area contributed by atoms with Crippen molar-refractivity contribution in [1.29, 1.82) is 0 Å². The molecule has 4 heterocycles. The molecule has 12 heteroatoms. The fourth-order valence-electron chi connectivity index (χ4n) is 3.94. The van der Waals surface area contributed by atoms with Crippen molar-refractivity contribution in [1.82, 2.24) is 14.8 Å². The number of carboxylic acids is 1. The molecule has 1 atom stereocenters. The van der Waals surface area contributed by atoms with Gasteiger partial charge in [0.1, 0.15) is 6.61 Å². The Bertz CT molecular complexity index is 778. The molecule has 4 rings (SSSR count). The number of likely N-dealkylation sites (tertiary alicyclic amines) is 2. The van der Waals surface area contributed by atoms with Crippen molar-refractivity contribution in [3.8, 4) is 0 Å². The Kier molecular flexibility index (Phi) is 7.87. The molecule has 3 fully saturated rings. The van der Waals surface area contributed by atoms with Crippen LogP contribution in [-0.4, -0.2) is 87.3 Å². The summed E-state index contributed by atoms with van der Waals surface area (Å²) >= 11 is 3.80. The normalized spacial score (nSPS) is 22.8. The molecule has 31 heavy (non-hydrogen) atoms. The molecule has 1 aromatic rings. The first kappa shape index (κ1) is 24.3. The highest BCUT2D eigenvalue weighted by atomic mass is 32.2. The Hall–Kier alpha value is -1.37. The topological polar surface area (TPSA) is 83.0 Å². The molecule has 1 N–H and O–H groups in total. The average molecular weight is 482 g/mol. The molecule has 0 bridgehead atoms. The van der Waals surface area contributed by atoms with Crippen LogP contribution < -0.4 is 0 Å². The third kappa shape index (κ3) is 6.56. The van der Waals surface area contributed by atoms with Gasteiger partial charge in [0.25, 0.3) is 0 Å². The highest BCUT2D eigenvalue weighted by Gasteiger charge is 2.49. The van der Waals surface area contributed by atoms with E-state index in [1.165, 1.54) is 10.6 Å². The van der Waals surface area contributed by atoms with Gasteiger partial charge < -0.3 is 14.7 Å². The summed E-state index contributed by atoms with van der Waals surface area (Å²) in [5.41, 5.74) is 3.10. The average Bonchev–Trinajstić information content (AvgIpc) is 3.41. The molecule has 3 aliphatic heterocycles. The van der Waals surface area contributed by atoms with E-state index in [2.05, 4.69) is 16.8 Å². The largest absolute Gasteiger partial charge is 0.490 e. The summed E-state index contributed by atoms with van der Waals surface area (Å²) in [4.78, 5) is 31.2. The van der Waals surface area contributed by atoms with E-state index in [-0.39, 0.29) is 18.6 Å². The highest BCUT2D eigenvalue weighted by molar-refractivity contribution is 8.01. The fraction of sp³-hybridized carbons (Fsp3) is 0.737. The second kappa shape index (κ2) is 10.1. The third-order valence-electron chi connectivity index (χ3n) is 5.55. The van der Waals surface area contributed by atoms with Gasteiger partial charge >= 0.3 is 12.1 Å². The summed E-state index contributed by atoms with van der Waals surface area (Å²) in [7, 11) is 0. The van der Waals surface area contributed by atoms with Gasteiger partial charge in [0.05, 0.1) is 17.3 Å². The number of thioether (sulfide) groups is 1. The maximum absolute atomic E-state index is 12.1. The molecule has 0 saturated carbocycles. The first-order valence-electron chi connectivity index (χ1n) is 10.0. The Morgan fingerprint density at radius 1 is 1.32 bits per heavy atom. The molecule has 7 nitrogen and oxygen atoms in total. The van der Waals surface area contributed by atoms with Crippen LogP contribution in [0.3, 0.4) is 0 Å². The number of carboxylic acid groups (broad SMARTS) is 1. The smallest absolute Gasteiger partial charge is 0.475 e. The highest BCUT2D eigenvalue weighted by Crippen LogP contribution is 2.46. The molecule has 1 unspecified atom stereocenters. The number of hydrogen-bond acceptors (Lipinski definition) is 7. The van der Waals surface area contributed by atoms with Gasteiger partial charge in [-0.15, -0.1) is 23.1 Å². The van der Waals surface area contributed by atoms with Gasteiger partial charge in [-0.25, -0.2) is 9.78 Å². The van der Waals surface area contributed by atoms with Crippen molar-refractivity contribution >= 4 is 35.0 Å². The van der Waals surface area contributed by atoms with Crippen LogP contribution in [0.4, 0.5) is 13.2 Å². The summed E-state index contributed by atoms with van der Waals surface area (Å²) < 4.78 is 38.0. The summed E-state index contributed by atoms with van der Waals surface area (Å²) in [5, 5.41) is 7.12. The Morgan fingerprint density at radius 2 is 1.97 bits per heavy atom. The minimum Gasteiger partial charge on any atom is -0.475 e. The number of carbonyl (C=O) groups is 2. The predicted octanol–water partition coefficient (Wildman–Crippen LogP) is 2.78. The summed E-state index contributed by atoms with van der Waals surface area (Å²) in [5.74, 6) is -1.55. The number of nitrogens with zero attached hydrogens (tertiary/aromatic N) is 3. The number of carbonyl (C=O) groups excluding carboxylic acids is 1. The van der Waals surface area contributed by atoms with Gasteiger partial charge in [-0.05, 0) is 26.2 Å². The lowest BCUT2D eigenvalue weighted by Gasteiger charge is -2.47. The van der Waals surface area contributed by atoms with E-state index in [1.807, 2.05) is 22.2 Å². The first-order chi connectivity index (χ1) is 14.6. The number of ether oxygens (including phenoxy) is 1. The van der Waals surface area contributed by atoms with E-state index in [9.17, 15) is 18.0 Å². The van der Waals surface area contributed by atoms with Crippen LogP contribution in [0.25, 0.3) is 0 Å². The van der Waals surface area contributed by atoms with Crippen molar-refractivity contribution in [3.05, 3.63) is 16.1 Å². The SMILES string of the molecule is Cc1ncsc1CN1CC2(CC(OCC(=O)N3CCCC3)CS2)C1.O=C(O)C(F)(F)F. The van der Waals surface area contributed by atoms with Crippen LogP contribution in [0.1, 0.15) is 29.8 Å². The van der Waals surface area contributed by atoms with E-state index in [4.69, 9.17) is 14.6 Å². The molecule has 0 aliphatic carbocycles. The molecule has 174 valence electrons. The van der Waals surface area contributed by atoms with Crippen LogP contribution in [0.5, 0.6) is 0 Å². The molecule has 1 amide bonds. The molecule has 1 spiro atoms. The number of hydrogen-bond donors (Lipinski definition) is 1. The van der Waals surface area contributed by atoms with Gasteiger partial charge in [-0.3, -0.25) is 9.69 Å². The number of aliphatic carboxylic acids is 1. The monoisotopic (exact) mass is 481 g/mol. The maximum atomic E-state index is 12.1. The van der Waals surface area contributed by atoms with Gasteiger partial charge in [0.2, 0.25) is 5.91 Å². The molecule has 0 aromatic carbocycles. The number of alkyl halides is 3. The molecular weight excluding hydrogens is 455 g/mol. The lowest BCUT2D eigenvalue weighted by atomic mass is 9.93. The van der Waals surface area contributed by atoms with Gasteiger partial charge in [-0.2, -0.15) is 13.2 Å². The third-order valence-corrected chi connectivity index (χ3v) is 8.05. The second-order valence-electron chi connectivity index (χ2n) is 8.03. The van der Waals surface area contributed by atoms with Crippen molar-refractivity contribution in [2.45, 2.75) is 49.8 Å². The van der Waals surface area contributed by atoms with Gasteiger partial charge in [-0.1, -0.05) is 0 Å². The number of rotatable bonds is 5. The summed E-state index contributed by atoms with van der Waals surface area (Å²) in [6.07, 6.45) is -1.47. The minimum absolute atomic E-state index is 0.175. The van der Waals surface area contributed by atoms with Crippen molar-refractivity contribution in [2.24, 2.45) is 0 Å². The van der Waals surface area contributed by atoms with Crippen LogP contribution in [0, 0.1) is 6.92 Å². The van der Waals surface area contributed by atoms with E-state index in [1.54, 1.807) is 11.3 Å². The Labute approximate surface area is 186 Å². The summed E-state index contributed by atoms with van der Waals surface area (Å²) in [6.45, 7) is 7.48. The number of halogens is 3. The van der Waals surface area contributed by atoms with Crippen LogP contribution in [0.15, 0.2) is 5.51 Å². The van der Waals surface area contributed by atoms with Crippen LogP contribution in [-0.2, 0) is 20.9 Å². The van der Waals surface area contributed by atoms with Crippen LogP contribution in [0.2, 0.25) is 0 Å². The van der Waals surface area contributed by atoms with Crippen molar-refractivity contribution < 1.29 is 32.6 Å². The predicted molar refractivity (Wildman–Crippen MR) is 111 cm³/mol. The Morgan fingerprint density at radius 3 is 2.52 bits per heavy atom. The molecule has 3 saturated heterocycles. The standard InChI is InChI=1S/C17H25N3O2S2.C2HF3O2/c1-13-15(23-12-18-13)7-19-10-17(11-19)6-14(9-24-17)22-8-16(21)20-4-2-3-5-20;3-2(4,5)1(6)7/h12,14H,2-11H2,1H3;(H,6,7). The molecule has 3 aliphatic rings. The minimum atomic E-state index is -5.08. The van der Waals surface area contributed by atoms with Gasteiger partial charge in [0, 0.05) is 48.1 Å². The lowest BCUT2D eigenvalue weighted by molar-refractivity contribution is -0.192. The number of thiazole rings is 1. The second-order valence-corrected chi connectivity index (χ2v) is 10.5. The number of aromatic nitrogens is 1. The van der Waals surface area contributed by atoms with E-state index in [0.29, 0.717) is 4.75 Å². The zero-order valence-electron chi connectivity index (χ0n) is 17.2. The summed E-state index contributed by atoms with van der Waals surface area (Å²) in [6, 6.07) is 0. The maximum Gasteiger partial charge on any atom is 0.490 e. The van der Waals surface area contributed by atoms with E-state index < -0.39 is 12.1 Å². The zero-order chi connectivity index (χ0) is 22.6. The number of amides is 1. The molecule has 0 radical (unpaired) electrons. The quantitative estimate of drug-likeness (QED) is 0.693. The zero-order valence-corrected chi connectivity index (χ0v) is 18.8. The number of aryl methyl sites for hydroxylation is 1. The first-order valence-corrected chi connectivity index (χ1v) is 11.9. The molecular formula is C19H26F3N3O4S2. The fourth-order valence-corrected chi connectivity index (χ4v) is 6.36. The van der Waals surface area contributed by atoms with E-state index in [0.717, 1.165) is 57.7 Å². The van der Waals surface area contributed by atoms with E-state index >= 15 is 0 Å².